The average Bonchev–Trinajstić information content (AvgIpc) is 2.58. The Morgan fingerprint density at radius 3 is 2.40 bits per heavy atom. The van der Waals surface area contributed by atoms with Gasteiger partial charge in [0.15, 0.2) is 0 Å². The van der Waals surface area contributed by atoms with Crippen molar-refractivity contribution in [1.82, 2.24) is 15.5 Å². The zero-order valence-electron chi connectivity index (χ0n) is 11.9. The van der Waals surface area contributed by atoms with Crippen molar-refractivity contribution in [3.05, 3.63) is 21.6 Å². The molecule has 20 heavy (non-hydrogen) atoms. The standard InChI is InChI=1S/C13H21N3O4/c1-7(2)4-9(5-12(18)19)14-11(17)6-10-8(3)15-16-13(10)20/h7,9H,4-6H2,1-3H3,(H,14,17)(H,18,19)(H2,15,16,20)/t9-/m1/s1. The molecule has 4 N–H and O–H groups in total. The lowest BCUT2D eigenvalue weighted by atomic mass is 10.0. The molecule has 0 unspecified atom stereocenters. The lowest BCUT2D eigenvalue weighted by molar-refractivity contribution is -0.137. The Balaban J connectivity index is 2.66. The van der Waals surface area contributed by atoms with Gasteiger partial charge >= 0.3 is 5.97 Å². The Morgan fingerprint density at radius 2 is 1.95 bits per heavy atom. The summed E-state index contributed by atoms with van der Waals surface area (Å²) in [7, 11) is 0. The summed E-state index contributed by atoms with van der Waals surface area (Å²) in [5, 5.41) is 16.6. The van der Waals surface area contributed by atoms with Crippen LogP contribution in [0.15, 0.2) is 4.79 Å². The number of aryl methyl sites for hydroxylation is 1. The molecule has 0 radical (unpaired) electrons. The fraction of sp³-hybridized carbons (Fsp3) is 0.615. The first-order valence-electron chi connectivity index (χ1n) is 6.56. The van der Waals surface area contributed by atoms with Gasteiger partial charge in [-0.3, -0.25) is 19.5 Å². The van der Waals surface area contributed by atoms with Gasteiger partial charge in [0.25, 0.3) is 5.56 Å². The second-order valence-corrected chi connectivity index (χ2v) is 5.35. The molecular formula is C13H21N3O4. The summed E-state index contributed by atoms with van der Waals surface area (Å²) >= 11 is 0. The van der Waals surface area contributed by atoms with Crippen molar-refractivity contribution in [3.63, 3.8) is 0 Å². The highest BCUT2D eigenvalue weighted by molar-refractivity contribution is 5.79. The Hall–Kier alpha value is -2.05. The van der Waals surface area contributed by atoms with Crippen LogP contribution in [0.4, 0.5) is 0 Å². The van der Waals surface area contributed by atoms with Crippen molar-refractivity contribution in [1.29, 1.82) is 0 Å². The second kappa shape index (κ2) is 6.93. The van der Waals surface area contributed by atoms with Gasteiger partial charge in [0.05, 0.1) is 12.8 Å². The van der Waals surface area contributed by atoms with Gasteiger partial charge in [0.1, 0.15) is 0 Å². The number of carbonyl (C=O) groups is 2. The van der Waals surface area contributed by atoms with E-state index in [0.717, 1.165) is 0 Å². The molecule has 7 nitrogen and oxygen atoms in total. The SMILES string of the molecule is Cc1[nH][nH]c(=O)c1CC(=O)N[C@@H](CC(=O)O)CC(C)C. The van der Waals surface area contributed by atoms with Gasteiger partial charge in [-0.15, -0.1) is 0 Å². The summed E-state index contributed by atoms with van der Waals surface area (Å²) in [5.41, 5.74) is 0.668. The normalized spacial score (nSPS) is 12.4. The van der Waals surface area contributed by atoms with Crippen LogP contribution in [0.1, 0.15) is 37.9 Å². The van der Waals surface area contributed by atoms with Gasteiger partial charge in [0, 0.05) is 17.3 Å². The van der Waals surface area contributed by atoms with Crippen molar-refractivity contribution in [2.75, 3.05) is 0 Å². The number of amides is 1. The Kier molecular flexibility index (Phi) is 5.54. The second-order valence-electron chi connectivity index (χ2n) is 5.35. The molecule has 0 bridgehead atoms. The third kappa shape index (κ3) is 4.91. The lowest BCUT2D eigenvalue weighted by Gasteiger charge is -2.18. The van der Waals surface area contributed by atoms with Gasteiger partial charge in [-0.1, -0.05) is 13.8 Å². The molecule has 0 spiro atoms. The Morgan fingerprint density at radius 1 is 1.30 bits per heavy atom. The summed E-state index contributed by atoms with van der Waals surface area (Å²) in [6.07, 6.45) is 0.409. The molecule has 1 aromatic heterocycles. The van der Waals surface area contributed by atoms with E-state index in [1.54, 1.807) is 6.92 Å². The van der Waals surface area contributed by atoms with Crippen molar-refractivity contribution in [3.8, 4) is 0 Å². The molecule has 1 aromatic rings. The first-order valence-corrected chi connectivity index (χ1v) is 6.56. The van der Waals surface area contributed by atoms with E-state index in [9.17, 15) is 14.4 Å². The number of rotatable bonds is 7. The monoisotopic (exact) mass is 283 g/mol. The number of carboxylic acids is 1. The van der Waals surface area contributed by atoms with Crippen LogP contribution in [-0.4, -0.2) is 33.2 Å². The van der Waals surface area contributed by atoms with E-state index < -0.39 is 12.0 Å². The number of hydrogen-bond donors (Lipinski definition) is 4. The quantitative estimate of drug-likeness (QED) is 0.585. The molecule has 7 heteroatoms. The lowest BCUT2D eigenvalue weighted by Crippen LogP contribution is -2.38. The number of aromatic amines is 2. The molecule has 112 valence electrons. The highest BCUT2D eigenvalue weighted by Crippen LogP contribution is 2.09. The summed E-state index contributed by atoms with van der Waals surface area (Å²) in [6, 6.07) is -0.418. The van der Waals surface area contributed by atoms with Crippen LogP contribution in [0.25, 0.3) is 0 Å². The van der Waals surface area contributed by atoms with Crippen molar-refractivity contribution >= 4 is 11.9 Å². The van der Waals surface area contributed by atoms with Crippen LogP contribution in [0, 0.1) is 12.8 Å². The van der Waals surface area contributed by atoms with Gasteiger partial charge in [0.2, 0.25) is 5.91 Å². The zero-order valence-corrected chi connectivity index (χ0v) is 11.9. The molecule has 1 rings (SSSR count). The summed E-state index contributed by atoms with van der Waals surface area (Å²) in [4.78, 5) is 34.2. The molecule has 1 amide bonds. The number of nitrogens with one attached hydrogen (secondary N) is 3. The maximum absolute atomic E-state index is 11.9. The van der Waals surface area contributed by atoms with Crippen LogP contribution in [0.2, 0.25) is 0 Å². The molecule has 0 aliphatic heterocycles. The number of H-pyrrole nitrogens is 2. The molecule has 0 saturated carbocycles. The van der Waals surface area contributed by atoms with E-state index in [1.807, 2.05) is 13.8 Å². The molecule has 1 heterocycles. The number of aliphatic carboxylic acids is 1. The maximum Gasteiger partial charge on any atom is 0.305 e. The number of carbonyl (C=O) groups excluding carboxylic acids is 1. The summed E-state index contributed by atoms with van der Waals surface area (Å²) in [5.74, 6) is -1.02. The van der Waals surface area contributed by atoms with E-state index in [-0.39, 0.29) is 30.2 Å². The highest BCUT2D eigenvalue weighted by atomic mass is 16.4. The van der Waals surface area contributed by atoms with Crippen LogP contribution < -0.4 is 10.9 Å². The van der Waals surface area contributed by atoms with E-state index in [0.29, 0.717) is 17.7 Å². The fourth-order valence-electron chi connectivity index (χ4n) is 2.10. The van der Waals surface area contributed by atoms with Gasteiger partial charge in [-0.25, -0.2) is 0 Å². The average molecular weight is 283 g/mol. The topological polar surface area (TPSA) is 115 Å². The van der Waals surface area contributed by atoms with Crippen molar-refractivity contribution < 1.29 is 14.7 Å². The first kappa shape index (κ1) is 16.0. The molecule has 0 aliphatic carbocycles. The Bertz CT molecular complexity index is 530. The predicted molar refractivity (Wildman–Crippen MR) is 73.5 cm³/mol. The van der Waals surface area contributed by atoms with E-state index in [4.69, 9.17) is 5.11 Å². The van der Waals surface area contributed by atoms with E-state index >= 15 is 0 Å². The zero-order chi connectivity index (χ0) is 15.3. The van der Waals surface area contributed by atoms with Crippen LogP contribution >= 0.6 is 0 Å². The number of carboxylic acid groups (broad SMARTS) is 1. The molecule has 0 saturated heterocycles. The number of aromatic nitrogens is 2. The maximum atomic E-state index is 11.9. The van der Waals surface area contributed by atoms with Crippen LogP contribution in [0.3, 0.4) is 0 Å². The minimum Gasteiger partial charge on any atom is -0.481 e. The third-order valence-corrected chi connectivity index (χ3v) is 2.97. The Labute approximate surface area is 116 Å². The largest absolute Gasteiger partial charge is 0.481 e. The van der Waals surface area contributed by atoms with Crippen molar-refractivity contribution in [2.24, 2.45) is 5.92 Å². The highest BCUT2D eigenvalue weighted by Gasteiger charge is 2.19. The fourth-order valence-corrected chi connectivity index (χ4v) is 2.10. The molecular weight excluding hydrogens is 262 g/mol. The third-order valence-electron chi connectivity index (χ3n) is 2.97. The van der Waals surface area contributed by atoms with E-state index in [1.165, 1.54) is 0 Å². The summed E-state index contributed by atoms with van der Waals surface area (Å²) in [6.45, 7) is 5.62. The van der Waals surface area contributed by atoms with Gasteiger partial charge in [-0.05, 0) is 19.3 Å². The van der Waals surface area contributed by atoms with Crippen LogP contribution in [0.5, 0.6) is 0 Å². The van der Waals surface area contributed by atoms with Crippen LogP contribution in [-0.2, 0) is 16.0 Å². The molecule has 0 aromatic carbocycles. The molecule has 0 fully saturated rings. The predicted octanol–water partition coefficient (Wildman–Crippen LogP) is 0.560. The van der Waals surface area contributed by atoms with E-state index in [2.05, 4.69) is 15.5 Å². The molecule has 1 atom stereocenters. The summed E-state index contributed by atoms with van der Waals surface area (Å²) < 4.78 is 0. The smallest absolute Gasteiger partial charge is 0.305 e. The minimum atomic E-state index is -0.952. The first-order chi connectivity index (χ1) is 9.29. The number of hydrogen-bond acceptors (Lipinski definition) is 3. The van der Waals surface area contributed by atoms with Gasteiger partial charge < -0.3 is 15.5 Å². The van der Waals surface area contributed by atoms with Crippen molar-refractivity contribution in [2.45, 2.75) is 46.1 Å². The minimum absolute atomic E-state index is 0.0567. The molecule has 0 aliphatic rings. The van der Waals surface area contributed by atoms with Gasteiger partial charge in [-0.2, -0.15) is 0 Å².